The van der Waals surface area contributed by atoms with Gasteiger partial charge in [0.15, 0.2) is 0 Å². The Bertz CT molecular complexity index is 591. The van der Waals surface area contributed by atoms with Crippen molar-refractivity contribution >= 4 is 23.6 Å². The van der Waals surface area contributed by atoms with E-state index in [-0.39, 0.29) is 11.9 Å². The van der Waals surface area contributed by atoms with Crippen LogP contribution in [0.3, 0.4) is 0 Å². The molecule has 0 aliphatic carbocycles. The molecule has 2 heterocycles. The average Bonchev–Trinajstić information content (AvgIpc) is 3.21. The first-order valence-electron chi connectivity index (χ1n) is 8.95. The summed E-state index contributed by atoms with van der Waals surface area (Å²) in [6.07, 6.45) is 3.64. The lowest BCUT2D eigenvalue weighted by atomic mass is 9.95. The van der Waals surface area contributed by atoms with Crippen LogP contribution in [0.2, 0.25) is 0 Å². The van der Waals surface area contributed by atoms with E-state index in [9.17, 15) is 9.59 Å². The number of ether oxygens (including phenoxy) is 1. The first-order valence-corrected chi connectivity index (χ1v) is 10.1. The van der Waals surface area contributed by atoms with Gasteiger partial charge >= 0.3 is 5.97 Å². The molecule has 1 aromatic carbocycles. The Balaban J connectivity index is 1.42. The van der Waals surface area contributed by atoms with Crippen molar-refractivity contribution in [1.82, 2.24) is 10.2 Å². The third kappa shape index (κ3) is 4.76. The van der Waals surface area contributed by atoms with Gasteiger partial charge in [0.25, 0.3) is 5.91 Å². The van der Waals surface area contributed by atoms with Gasteiger partial charge in [0.1, 0.15) is 0 Å². The monoisotopic (exact) mass is 362 g/mol. The smallest absolute Gasteiger partial charge is 0.337 e. The predicted octanol–water partition coefficient (Wildman–Crippen LogP) is 2.42. The maximum absolute atomic E-state index is 12.3. The minimum Gasteiger partial charge on any atom is -0.465 e. The van der Waals surface area contributed by atoms with Crippen LogP contribution in [0, 0.1) is 5.92 Å². The highest BCUT2D eigenvalue weighted by atomic mass is 32.2. The number of carbonyl (C=O) groups is 2. The molecule has 0 saturated carbocycles. The van der Waals surface area contributed by atoms with Crippen LogP contribution in [0.4, 0.5) is 0 Å². The Hall–Kier alpha value is -1.53. The fraction of sp³-hybridized carbons (Fsp3) is 0.579. The zero-order chi connectivity index (χ0) is 17.6. The standard InChI is InChI=1S/C19H26N2O3S/c1-24-19(23)16-4-2-15(3-5-16)18(22)20-12-14-6-9-21(10-7-14)17-8-11-25-13-17/h2-5,14,17H,6-13H2,1H3,(H,20,22). The van der Waals surface area contributed by atoms with Gasteiger partial charge in [-0.3, -0.25) is 9.69 Å². The molecule has 0 radical (unpaired) electrons. The number of thioether (sulfide) groups is 1. The second kappa shape index (κ2) is 8.72. The molecular formula is C19H26N2O3S. The molecule has 1 atom stereocenters. The maximum Gasteiger partial charge on any atom is 0.337 e. The number of methoxy groups -OCH3 is 1. The van der Waals surface area contributed by atoms with Gasteiger partial charge in [-0.15, -0.1) is 0 Å². The third-order valence-corrected chi connectivity index (χ3v) is 6.34. The van der Waals surface area contributed by atoms with Crippen molar-refractivity contribution in [3.63, 3.8) is 0 Å². The van der Waals surface area contributed by atoms with E-state index in [0.717, 1.165) is 38.5 Å². The van der Waals surface area contributed by atoms with E-state index >= 15 is 0 Å². The summed E-state index contributed by atoms with van der Waals surface area (Å²) in [7, 11) is 1.35. The van der Waals surface area contributed by atoms with Crippen LogP contribution in [0.1, 0.15) is 40.0 Å². The Morgan fingerprint density at radius 1 is 1.16 bits per heavy atom. The summed E-state index contributed by atoms with van der Waals surface area (Å²) < 4.78 is 4.66. The summed E-state index contributed by atoms with van der Waals surface area (Å²) in [5.41, 5.74) is 1.03. The minimum atomic E-state index is -0.389. The summed E-state index contributed by atoms with van der Waals surface area (Å²) in [5, 5.41) is 3.04. The number of rotatable bonds is 5. The Labute approximate surface area is 153 Å². The number of likely N-dealkylation sites (tertiary alicyclic amines) is 1. The molecule has 5 nitrogen and oxygen atoms in total. The molecule has 0 bridgehead atoms. The van der Waals surface area contributed by atoms with Crippen molar-refractivity contribution in [2.24, 2.45) is 5.92 Å². The van der Waals surface area contributed by atoms with Crippen molar-refractivity contribution in [3.05, 3.63) is 35.4 Å². The minimum absolute atomic E-state index is 0.0777. The van der Waals surface area contributed by atoms with Crippen molar-refractivity contribution in [3.8, 4) is 0 Å². The average molecular weight is 362 g/mol. The Kier molecular flexibility index (Phi) is 6.37. The Morgan fingerprint density at radius 2 is 1.84 bits per heavy atom. The summed E-state index contributed by atoms with van der Waals surface area (Å²) >= 11 is 2.06. The van der Waals surface area contributed by atoms with Crippen molar-refractivity contribution in [2.45, 2.75) is 25.3 Å². The maximum atomic E-state index is 12.3. The summed E-state index contributed by atoms with van der Waals surface area (Å²) in [6.45, 7) is 3.03. The van der Waals surface area contributed by atoms with Crippen molar-refractivity contribution < 1.29 is 14.3 Å². The molecule has 1 N–H and O–H groups in total. The highest BCUT2D eigenvalue weighted by Crippen LogP contribution is 2.26. The van der Waals surface area contributed by atoms with Gasteiger partial charge in [-0.2, -0.15) is 11.8 Å². The van der Waals surface area contributed by atoms with Crippen LogP contribution in [0.5, 0.6) is 0 Å². The van der Waals surface area contributed by atoms with Crippen LogP contribution < -0.4 is 5.32 Å². The molecule has 1 amide bonds. The summed E-state index contributed by atoms with van der Waals surface area (Å²) in [6, 6.07) is 7.36. The lowest BCUT2D eigenvalue weighted by Gasteiger charge is -2.35. The predicted molar refractivity (Wildman–Crippen MR) is 100 cm³/mol. The van der Waals surface area contributed by atoms with Gasteiger partial charge < -0.3 is 10.1 Å². The number of carbonyl (C=O) groups excluding carboxylic acids is 2. The van der Waals surface area contributed by atoms with Crippen molar-refractivity contribution in [2.75, 3.05) is 38.2 Å². The van der Waals surface area contributed by atoms with Gasteiger partial charge in [0, 0.05) is 23.9 Å². The van der Waals surface area contributed by atoms with Crippen LogP contribution in [-0.4, -0.2) is 61.1 Å². The van der Waals surface area contributed by atoms with E-state index in [0.29, 0.717) is 17.0 Å². The van der Waals surface area contributed by atoms with E-state index in [2.05, 4.69) is 26.7 Å². The summed E-state index contributed by atoms with van der Waals surface area (Å²) in [5.74, 6) is 2.67. The topological polar surface area (TPSA) is 58.6 Å². The molecule has 1 unspecified atom stereocenters. The number of hydrogen-bond acceptors (Lipinski definition) is 5. The molecule has 2 saturated heterocycles. The van der Waals surface area contributed by atoms with E-state index in [1.807, 2.05) is 0 Å². The third-order valence-electron chi connectivity index (χ3n) is 5.19. The highest BCUT2D eigenvalue weighted by molar-refractivity contribution is 7.99. The van der Waals surface area contributed by atoms with Gasteiger partial charge in [0.05, 0.1) is 12.7 Å². The van der Waals surface area contributed by atoms with Crippen LogP contribution in [0.25, 0.3) is 0 Å². The molecule has 0 spiro atoms. The fourth-order valence-corrected chi connectivity index (χ4v) is 4.80. The number of nitrogens with zero attached hydrogens (tertiary/aromatic N) is 1. The lowest BCUT2D eigenvalue weighted by Crippen LogP contribution is -2.43. The molecule has 25 heavy (non-hydrogen) atoms. The number of nitrogens with one attached hydrogen (secondary N) is 1. The first kappa shape index (κ1) is 18.3. The quantitative estimate of drug-likeness (QED) is 0.815. The Morgan fingerprint density at radius 3 is 2.44 bits per heavy atom. The molecule has 2 aliphatic heterocycles. The molecule has 6 heteroatoms. The molecule has 1 aromatic rings. The highest BCUT2D eigenvalue weighted by Gasteiger charge is 2.27. The zero-order valence-corrected chi connectivity index (χ0v) is 15.5. The number of benzene rings is 1. The van der Waals surface area contributed by atoms with Gasteiger partial charge in [-0.05, 0) is 68.3 Å². The van der Waals surface area contributed by atoms with Crippen molar-refractivity contribution in [1.29, 1.82) is 0 Å². The van der Waals surface area contributed by atoms with E-state index in [1.54, 1.807) is 24.3 Å². The molecule has 0 aromatic heterocycles. The fourth-order valence-electron chi connectivity index (χ4n) is 3.55. The van der Waals surface area contributed by atoms with Crippen LogP contribution in [-0.2, 0) is 4.74 Å². The molecule has 3 rings (SSSR count). The van der Waals surface area contributed by atoms with Gasteiger partial charge in [-0.25, -0.2) is 4.79 Å². The number of piperidine rings is 1. The summed E-state index contributed by atoms with van der Waals surface area (Å²) in [4.78, 5) is 26.3. The van der Waals surface area contributed by atoms with Crippen LogP contribution >= 0.6 is 11.8 Å². The number of hydrogen-bond donors (Lipinski definition) is 1. The number of amides is 1. The van der Waals surface area contributed by atoms with E-state index < -0.39 is 0 Å². The second-order valence-electron chi connectivity index (χ2n) is 6.78. The van der Waals surface area contributed by atoms with E-state index in [4.69, 9.17) is 0 Å². The molecular weight excluding hydrogens is 336 g/mol. The first-order chi connectivity index (χ1) is 12.2. The number of esters is 1. The second-order valence-corrected chi connectivity index (χ2v) is 7.93. The lowest BCUT2D eigenvalue weighted by molar-refractivity contribution is 0.0600. The van der Waals surface area contributed by atoms with Gasteiger partial charge in [0.2, 0.25) is 0 Å². The van der Waals surface area contributed by atoms with E-state index in [1.165, 1.54) is 25.0 Å². The normalized spacial score (nSPS) is 21.9. The molecule has 136 valence electrons. The molecule has 2 aliphatic rings. The molecule has 2 fully saturated rings. The zero-order valence-electron chi connectivity index (χ0n) is 14.7. The SMILES string of the molecule is COC(=O)c1ccc(C(=O)NCC2CCN(C3CCSC3)CC2)cc1. The van der Waals surface area contributed by atoms with Gasteiger partial charge in [-0.1, -0.05) is 0 Å². The largest absolute Gasteiger partial charge is 0.465 e. The van der Waals surface area contributed by atoms with Crippen LogP contribution in [0.15, 0.2) is 24.3 Å².